The van der Waals surface area contributed by atoms with E-state index in [1.165, 1.54) is 0 Å². The molecule has 0 atom stereocenters. The molecule has 0 unspecified atom stereocenters. The van der Waals surface area contributed by atoms with Gasteiger partial charge in [0.1, 0.15) is 13.5 Å². The SMILES string of the molecule is CCOC(=O)CC(=O)c1cc[n+](C)cc1. The van der Waals surface area contributed by atoms with E-state index >= 15 is 0 Å². The van der Waals surface area contributed by atoms with Crippen LogP contribution < -0.4 is 4.57 Å². The van der Waals surface area contributed by atoms with Crippen LogP contribution in [0.2, 0.25) is 0 Å². The number of hydrogen-bond donors (Lipinski definition) is 0. The summed E-state index contributed by atoms with van der Waals surface area (Å²) in [5.74, 6) is -0.690. The zero-order valence-electron chi connectivity index (χ0n) is 8.90. The highest BCUT2D eigenvalue weighted by Crippen LogP contribution is 2.01. The second kappa shape index (κ2) is 5.24. The Balaban J connectivity index is 2.61. The van der Waals surface area contributed by atoms with E-state index in [1.54, 1.807) is 31.5 Å². The molecule has 1 aromatic rings. The first-order valence-electron chi connectivity index (χ1n) is 4.77. The maximum atomic E-state index is 11.5. The van der Waals surface area contributed by atoms with Crippen LogP contribution >= 0.6 is 0 Å². The van der Waals surface area contributed by atoms with Crippen LogP contribution in [-0.4, -0.2) is 18.4 Å². The molecule has 0 aliphatic heterocycles. The number of esters is 1. The molecule has 0 fully saturated rings. The average molecular weight is 208 g/mol. The van der Waals surface area contributed by atoms with Crippen molar-refractivity contribution in [2.75, 3.05) is 6.61 Å². The summed E-state index contributed by atoms with van der Waals surface area (Å²) in [4.78, 5) is 22.6. The van der Waals surface area contributed by atoms with Gasteiger partial charge in [-0.3, -0.25) is 9.59 Å². The lowest BCUT2D eigenvalue weighted by Gasteiger charge is -2.00. The standard InChI is InChI=1S/C11H14NO3/c1-3-15-11(14)8-10(13)9-4-6-12(2)7-5-9/h4-7H,3,8H2,1-2H3/q+1. The first kappa shape index (κ1) is 11.4. The molecule has 0 aliphatic carbocycles. The maximum Gasteiger partial charge on any atom is 0.313 e. The highest BCUT2D eigenvalue weighted by molar-refractivity contribution is 6.05. The van der Waals surface area contributed by atoms with Crippen LogP contribution in [0.3, 0.4) is 0 Å². The fourth-order valence-corrected chi connectivity index (χ4v) is 1.13. The molecule has 4 heteroatoms. The Morgan fingerprint density at radius 1 is 1.33 bits per heavy atom. The molecule has 4 nitrogen and oxygen atoms in total. The van der Waals surface area contributed by atoms with Crippen molar-refractivity contribution in [2.45, 2.75) is 13.3 Å². The normalized spacial score (nSPS) is 9.73. The van der Waals surface area contributed by atoms with Crippen LogP contribution in [0.25, 0.3) is 0 Å². The van der Waals surface area contributed by atoms with Crippen LogP contribution in [0, 0.1) is 0 Å². The van der Waals surface area contributed by atoms with Crippen LogP contribution in [0.5, 0.6) is 0 Å². The summed E-state index contributed by atoms with van der Waals surface area (Å²) in [6, 6.07) is 3.36. The molecule has 1 heterocycles. The number of aryl methyl sites for hydroxylation is 1. The zero-order valence-corrected chi connectivity index (χ0v) is 8.90. The molecule has 0 aliphatic rings. The highest BCUT2D eigenvalue weighted by Gasteiger charge is 2.13. The van der Waals surface area contributed by atoms with Crippen LogP contribution in [-0.2, 0) is 16.6 Å². The molecule has 1 aromatic heterocycles. The van der Waals surface area contributed by atoms with E-state index in [0.717, 1.165) is 0 Å². The first-order valence-corrected chi connectivity index (χ1v) is 4.77. The molecule has 0 aromatic carbocycles. The van der Waals surface area contributed by atoms with Gasteiger partial charge in [0.2, 0.25) is 0 Å². The Bertz CT molecular complexity index is 357. The van der Waals surface area contributed by atoms with Gasteiger partial charge in [-0.2, -0.15) is 0 Å². The Morgan fingerprint density at radius 2 is 1.93 bits per heavy atom. The molecule has 0 saturated carbocycles. The van der Waals surface area contributed by atoms with E-state index in [-0.39, 0.29) is 12.2 Å². The van der Waals surface area contributed by atoms with E-state index in [0.29, 0.717) is 12.2 Å². The summed E-state index contributed by atoms with van der Waals surface area (Å²) < 4.78 is 6.51. The quantitative estimate of drug-likeness (QED) is 0.316. The molecule has 0 N–H and O–H groups in total. The van der Waals surface area contributed by atoms with E-state index in [2.05, 4.69) is 0 Å². The van der Waals surface area contributed by atoms with Gasteiger partial charge in [0.05, 0.1) is 6.61 Å². The monoisotopic (exact) mass is 208 g/mol. The molecule has 1 rings (SSSR count). The van der Waals surface area contributed by atoms with Gasteiger partial charge in [0, 0.05) is 17.7 Å². The number of ketones is 1. The lowest BCUT2D eigenvalue weighted by atomic mass is 10.1. The third-order valence-electron chi connectivity index (χ3n) is 1.91. The molecule has 15 heavy (non-hydrogen) atoms. The van der Waals surface area contributed by atoms with Gasteiger partial charge in [0.15, 0.2) is 18.2 Å². The lowest BCUT2D eigenvalue weighted by molar-refractivity contribution is -0.671. The van der Waals surface area contributed by atoms with Gasteiger partial charge >= 0.3 is 5.97 Å². The number of nitrogens with zero attached hydrogens (tertiary/aromatic N) is 1. The van der Waals surface area contributed by atoms with E-state index in [4.69, 9.17) is 4.74 Å². The van der Waals surface area contributed by atoms with Gasteiger partial charge in [-0.1, -0.05) is 0 Å². The van der Waals surface area contributed by atoms with Crippen molar-refractivity contribution in [1.82, 2.24) is 0 Å². The van der Waals surface area contributed by atoms with Gasteiger partial charge in [-0.05, 0) is 6.92 Å². The Kier molecular flexibility index (Phi) is 3.97. The lowest BCUT2D eigenvalue weighted by Crippen LogP contribution is -2.26. The summed E-state index contributed by atoms with van der Waals surface area (Å²) in [6.07, 6.45) is 3.33. The number of hydrogen-bond acceptors (Lipinski definition) is 3. The summed E-state index contributed by atoms with van der Waals surface area (Å²) in [5, 5.41) is 0. The number of ether oxygens (including phenoxy) is 1. The Labute approximate surface area is 88.5 Å². The Morgan fingerprint density at radius 3 is 2.47 bits per heavy atom. The van der Waals surface area contributed by atoms with Crippen molar-refractivity contribution in [1.29, 1.82) is 0 Å². The molecule has 0 saturated heterocycles. The first-order chi connectivity index (χ1) is 7.13. The van der Waals surface area contributed by atoms with E-state index in [9.17, 15) is 9.59 Å². The average Bonchev–Trinajstić information content (AvgIpc) is 2.18. The molecule has 0 amide bonds. The topological polar surface area (TPSA) is 47.3 Å². The fourth-order valence-electron chi connectivity index (χ4n) is 1.13. The minimum absolute atomic E-state index is 0.193. The van der Waals surface area contributed by atoms with Gasteiger partial charge < -0.3 is 4.74 Å². The third kappa shape index (κ3) is 3.50. The smallest absolute Gasteiger partial charge is 0.313 e. The number of pyridine rings is 1. The number of carbonyl (C=O) groups excluding carboxylic acids is 2. The maximum absolute atomic E-state index is 11.5. The van der Waals surface area contributed by atoms with Gasteiger partial charge in [0.25, 0.3) is 0 Å². The summed E-state index contributed by atoms with van der Waals surface area (Å²) >= 11 is 0. The summed E-state index contributed by atoms with van der Waals surface area (Å²) in [7, 11) is 1.86. The second-order valence-electron chi connectivity index (χ2n) is 3.16. The fraction of sp³-hybridized carbons (Fsp3) is 0.364. The molecular weight excluding hydrogens is 194 g/mol. The molecule has 0 bridgehead atoms. The van der Waals surface area contributed by atoms with Crippen molar-refractivity contribution in [3.8, 4) is 0 Å². The van der Waals surface area contributed by atoms with Crippen molar-refractivity contribution >= 4 is 11.8 Å². The predicted molar refractivity (Wildman–Crippen MR) is 53.2 cm³/mol. The van der Waals surface area contributed by atoms with Crippen LogP contribution in [0.15, 0.2) is 24.5 Å². The highest BCUT2D eigenvalue weighted by atomic mass is 16.5. The molecular formula is C11H14NO3+. The van der Waals surface area contributed by atoms with Crippen molar-refractivity contribution in [2.24, 2.45) is 7.05 Å². The number of carbonyl (C=O) groups is 2. The van der Waals surface area contributed by atoms with Crippen molar-refractivity contribution < 1.29 is 18.9 Å². The Hall–Kier alpha value is -1.71. The molecule has 0 spiro atoms. The van der Waals surface area contributed by atoms with E-state index in [1.807, 2.05) is 11.6 Å². The zero-order chi connectivity index (χ0) is 11.3. The molecule has 0 radical (unpaired) electrons. The number of rotatable bonds is 4. The van der Waals surface area contributed by atoms with Crippen LogP contribution in [0.1, 0.15) is 23.7 Å². The van der Waals surface area contributed by atoms with Crippen molar-refractivity contribution in [3.63, 3.8) is 0 Å². The van der Waals surface area contributed by atoms with Crippen molar-refractivity contribution in [3.05, 3.63) is 30.1 Å². The number of aromatic nitrogens is 1. The number of Topliss-reactive ketones (excluding diaryl/α,β-unsaturated/α-hetero) is 1. The minimum atomic E-state index is -0.476. The van der Waals surface area contributed by atoms with Gasteiger partial charge in [-0.25, -0.2) is 4.57 Å². The summed E-state index contributed by atoms with van der Waals surface area (Å²) in [5.41, 5.74) is 0.529. The van der Waals surface area contributed by atoms with E-state index < -0.39 is 5.97 Å². The van der Waals surface area contributed by atoms with Crippen LogP contribution in [0.4, 0.5) is 0 Å². The predicted octanol–water partition coefficient (Wildman–Crippen LogP) is 0.647. The summed E-state index contributed by atoms with van der Waals surface area (Å²) in [6.45, 7) is 2.01. The van der Waals surface area contributed by atoms with Gasteiger partial charge in [-0.15, -0.1) is 0 Å². The third-order valence-corrected chi connectivity index (χ3v) is 1.91. The minimum Gasteiger partial charge on any atom is -0.466 e. The molecule has 80 valence electrons. The largest absolute Gasteiger partial charge is 0.466 e. The second-order valence-corrected chi connectivity index (χ2v) is 3.16.